The van der Waals surface area contributed by atoms with Gasteiger partial charge in [-0.1, -0.05) is 83.1 Å². The van der Waals surface area contributed by atoms with Crippen molar-refractivity contribution in [1.82, 2.24) is 5.32 Å². The highest BCUT2D eigenvalue weighted by Crippen LogP contribution is 2.40. The van der Waals surface area contributed by atoms with Gasteiger partial charge in [-0.25, -0.2) is 0 Å². The summed E-state index contributed by atoms with van der Waals surface area (Å²) in [5, 5.41) is 45.0. The molecule has 0 spiro atoms. The molecule has 4 amide bonds. The summed E-state index contributed by atoms with van der Waals surface area (Å²) in [5.74, 6) is -3.96. The molecule has 0 aliphatic carbocycles. The first-order valence-corrected chi connectivity index (χ1v) is 17.7. The quantitative estimate of drug-likeness (QED) is 0.124. The molecule has 0 saturated carbocycles. The Balaban J connectivity index is 2.17. The van der Waals surface area contributed by atoms with E-state index in [0.29, 0.717) is 16.7 Å². The molecule has 0 aromatic heterocycles. The minimum atomic E-state index is -0.808. The molecular formula is C42H58N4O7. The number of nitrogens with one attached hydrogen (secondary N) is 4. The maximum atomic E-state index is 14.0. The predicted octanol–water partition coefficient (Wildman–Crippen LogP) is 8.71. The summed E-state index contributed by atoms with van der Waals surface area (Å²) < 4.78 is 0. The van der Waals surface area contributed by atoms with Crippen LogP contribution in [0.25, 0.3) is 0 Å². The highest BCUT2D eigenvalue weighted by atomic mass is 16.3. The number of amides is 4. The van der Waals surface area contributed by atoms with Crippen LogP contribution in [0, 0.1) is 5.41 Å². The Morgan fingerprint density at radius 3 is 0.981 bits per heavy atom. The minimum Gasteiger partial charge on any atom is -0.505 e. The number of hydrogen-bond acceptors (Lipinski definition) is 7. The molecule has 3 aromatic rings. The first-order valence-electron chi connectivity index (χ1n) is 17.7. The largest absolute Gasteiger partial charge is 0.505 e. The van der Waals surface area contributed by atoms with Crippen LogP contribution in [0.15, 0.2) is 36.4 Å². The summed E-state index contributed by atoms with van der Waals surface area (Å²) in [6.45, 7) is 27.9. The topological polar surface area (TPSA) is 177 Å². The zero-order valence-corrected chi connectivity index (χ0v) is 33.9. The minimum absolute atomic E-state index is 0.0291. The van der Waals surface area contributed by atoms with Crippen molar-refractivity contribution in [2.75, 3.05) is 16.0 Å². The molecule has 53 heavy (non-hydrogen) atoms. The molecule has 0 fully saturated rings. The third-order valence-electron chi connectivity index (χ3n) is 8.58. The van der Waals surface area contributed by atoms with Crippen molar-refractivity contribution in [3.63, 3.8) is 0 Å². The number of phenolic OH excluding ortho intramolecular Hbond substituents is 3. The number of carbonyl (C=O) groups is 4. The number of carbonyl (C=O) groups excluding carboxylic acids is 4. The van der Waals surface area contributed by atoms with Crippen molar-refractivity contribution in [3.8, 4) is 17.2 Å². The van der Waals surface area contributed by atoms with Crippen LogP contribution in [0.1, 0.15) is 152 Å². The van der Waals surface area contributed by atoms with E-state index in [9.17, 15) is 34.5 Å². The van der Waals surface area contributed by atoms with Gasteiger partial charge in [-0.3, -0.25) is 19.2 Å². The molecule has 288 valence electrons. The van der Waals surface area contributed by atoms with Crippen molar-refractivity contribution in [2.24, 2.45) is 5.41 Å². The van der Waals surface area contributed by atoms with E-state index in [1.165, 1.54) is 12.1 Å². The fourth-order valence-electron chi connectivity index (χ4n) is 5.10. The normalized spacial score (nSPS) is 12.6. The van der Waals surface area contributed by atoms with E-state index < -0.39 is 62.2 Å². The first-order chi connectivity index (χ1) is 23.8. The van der Waals surface area contributed by atoms with Crippen LogP contribution in [0.3, 0.4) is 0 Å². The van der Waals surface area contributed by atoms with Gasteiger partial charge in [0, 0.05) is 11.0 Å². The molecule has 0 aliphatic rings. The zero-order chi connectivity index (χ0) is 40.8. The second kappa shape index (κ2) is 14.4. The molecule has 11 heteroatoms. The molecule has 0 atom stereocenters. The number of hydrogen-bond donors (Lipinski definition) is 7. The van der Waals surface area contributed by atoms with Crippen molar-refractivity contribution in [3.05, 3.63) is 69.8 Å². The Hall–Kier alpha value is -5.06. The van der Waals surface area contributed by atoms with Gasteiger partial charge in [0.1, 0.15) is 0 Å². The van der Waals surface area contributed by atoms with Gasteiger partial charge in [0.2, 0.25) is 5.91 Å². The van der Waals surface area contributed by atoms with E-state index in [0.717, 1.165) is 0 Å². The molecule has 7 N–H and O–H groups in total. The molecule has 3 rings (SSSR count). The fourth-order valence-corrected chi connectivity index (χ4v) is 5.10. The maximum Gasteiger partial charge on any atom is 0.259 e. The first kappa shape index (κ1) is 42.4. The number of phenols is 3. The van der Waals surface area contributed by atoms with Crippen LogP contribution in [0.2, 0.25) is 0 Å². The average molecular weight is 731 g/mol. The summed E-state index contributed by atoms with van der Waals surface area (Å²) in [4.78, 5) is 54.1. The summed E-state index contributed by atoms with van der Waals surface area (Å²) in [6.07, 6.45) is 0. The monoisotopic (exact) mass is 730 g/mol. The van der Waals surface area contributed by atoms with E-state index in [2.05, 4.69) is 21.3 Å². The Morgan fingerprint density at radius 1 is 0.434 bits per heavy atom. The molecule has 0 aliphatic heterocycles. The summed E-state index contributed by atoms with van der Waals surface area (Å²) in [5.41, 5.74) is -1.47. The molecule has 0 saturated heterocycles. The van der Waals surface area contributed by atoms with Gasteiger partial charge >= 0.3 is 0 Å². The van der Waals surface area contributed by atoms with Crippen molar-refractivity contribution < 1.29 is 34.5 Å². The van der Waals surface area contributed by atoms with Gasteiger partial charge in [-0.05, 0) is 90.1 Å². The van der Waals surface area contributed by atoms with Gasteiger partial charge in [0.25, 0.3) is 17.7 Å². The van der Waals surface area contributed by atoms with E-state index in [-0.39, 0.29) is 39.7 Å². The van der Waals surface area contributed by atoms with Crippen molar-refractivity contribution in [2.45, 2.75) is 126 Å². The standard InChI is InChI=1S/C42H58N4O7/c1-38(2,3)22-16-25(34(50)44-29-20-24(40(7,8)9)18-27(33(29)49)36(52)46-42(13,14)15)31(47)28(19-22)43-35(51)26-17-23(39(4,5)6)21-30(32(26)48)45-37(53)41(10,11)12/h16-21,47-49H,1-15H3,(H,43,51)(H,44,50)(H,45,53)(H,46,52). The Labute approximate surface area is 314 Å². The van der Waals surface area contributed by atoms with E-state index >= 15 is 0 Å². The van der Waals surface area contributed by atoms with Gasteiger partial charge in [-0.15, -0.1) is 0 Å². The van der Waals surface area contributed by atoms with Crippen LogP contribution in [0.4, 0.5) is 17.1 Å². The van der Waals surface area contributed by atoms with E-state index in [1.54, 1.807) is 45.0 Å². The highest BCUT2D eigenvalue weighted by Gasteiger charge is 2.30. The number of anilines is 3. The molecule has 0 bridgehead atoms. The second-order valence-electron chi connectivity index (χ2n) is 18.8. The van der Waals surface area contributed by atoms with Gasteiger partial charge in [0.05, 0.1) is 33.8 Å². The SMILES string of the molecule is CC(C)(C)NC(=O)c1cc(C(C)(C)C)cc(NC(=O)c2cc(C(C)(C)C)cc(NC(=O)c3cc(C(C)(C)C)cc(NC(=O)C(C)(C)C)c3O)c2O)c1O. The lowest BCUT2D eigenvalue weighted by molar-refractivity contribution is -0.123. The Bertz CT molecular complexity index is 1940. The summed E-state index contributed by atoms with van der Waals surface area (Å²) in [6, 6.07) is 9.35. The van der Waals surface area contributed by atoms with Crippen LogP contribution < -0.4 is 21.3 Å². The molecule has 11 nitrogen and oxygen atoms in total. The number of rotatable bonds is 6. The lowest BCUT2D eigenvalue weighted by Crippen LogP contribution is -2.40. The van der Waals surface area contributed by atoms with Gasteiger partial charge < -0.3 is 36.6 Å². The van der Waals surface area contributed by atoms with Crippen LogP contribution >= 0.6 is 0 Å². The number of benzene rings is 3. The lowest BCUT2D eigenvalue weighted by atomic mass is 9.84. The molecule has 3 aromatic carbocycles. The third kappa shape index (κ3) is 10.3. The van der Waals surface area contributed by atoms with Crippen LogP contribution in [-0.4, -0.2) is 44.5 Å². The smallest absolute Gasteiger partial charge is 0.259 e. The fraction of sp³-hybridized carbons (Fsp3) is 0.476. The van der Waals surface area contributed by atoms with Crippen LogP contribution in [0.5, 0.6) is 17.2 Å². The molecule has 0 radical (unpaired) electrons. The summed E-state index contributed by atoms with van der Waals surface area (Å²) in [7, 11) is 0. The second-order valence-corrected chi connectivity index (χ2v) is 18.8. The Kier molecular flexibility index (Phi) is 11.5. The highest BCUT2D eigenvalue weighted by molar-refractivity contribution is 6.13. The van der Waals surface area contributed by atoms with Gasteiger partial charge in [0.15, 0.2) is 17.2 Å². The molecular weight excluding hydrogens is 672 g/mol. The molecule has 0 heterocycles. The third-order valence-corrected chi connectivity index (χ3v) is 8.58. The predicted molar refractivity (Wildman–Crippen MR) is 212 cm³/mol. The maximum absolute atomic E-state index is 14.0. The van der Waals surface area contributed by atoms with Gasteiger partial charge in [-0.2, -0.15) is 0 Å². The van der Waals surface area contributed by atoms with Crippen LogP contribution in [-0.2, 0) is 21.0 Å². The van der Waals surface area contributed by atoms with Crippen molar-refractivity contribution in [1.29, 1.82) is 0 Å². The molecule has 0 unspecified atom stereocenters. The average Bonchev–Trinajstić information content (AvgIpc) is 2.96. The number of aromatic hydroxyl groups is 3. The lowest BCUT2D eigenvalue weighted by Gasteiger charge is -2.25. The Morgan fingerprint density at radius 2 is 0.717 bits per heavy atom. The zero-order valence-electron chi connectivity index (χ0n) is 33.9. The summed E-state index contributed by atoms with van der Waals surface area (Å²) >= 11 is 0. The van der Waals surface area contributed by atoms with E-state index in [4.69, 9.17) is 0 Å². The van der Waals surface area contributed by atoms with E-state index in [1.807, 2.05) is 83.1 Å². The van der Waals surface area contributed by atoms with Crippen molar-refractivity contribution >= 4 is 40.7 Å².